The molecule has 0 fully saturated rings. The highest BCUT2D eigenvalue weighted by atomic mass is 16.5. The third-order valence-corrected chi connectivity index (χ3v) is 3.72. The van der Waals surface area contributed by atoms with Gasteiger partial charge in [0.2, 0.25) is 11.8 Å². The van der Waals surface area contributed by atoms with Gasteiger partial charge in [0.05, 0.1) is 13.2 Å². The van der Waals surface area contributed by atoms with Gasteiger partial charge in [0.25, 0.3) is 0 Å². The Bertz CT molecular complexity index is 599. The number of benzene rings is 1. The van der Waals surface area contributed by atoms with E-state index in [0.29, 0.717) is 37.3 Å². The predicted molar refractivity (Wildman–Crippen MR) is 96.7 cm³/mol. The van der Waals surface area contributed by atoms with Crippen molar-refractivity contribution < 1.29 is 19.1 Å². The molecule has 25 heavy (non-hydrogen) atoms. The van der Waals surface area contributed by atoms with Crippen LogP contribution in [0.25, 0.3) is 0 Å². The van der Waals surface area contributed by atoms with Crippen LogP contribution in [0.4, 0.5) is 0 Å². The largest absolute Gasteiger partial charge is 0.494 e. The second-order valence-corrected chi connectivity index (χ2v) is 6.14. The summed E-state index contributed by atoms with van der Waals surface area (Å²) < 4.78 is 5.61. The topological polar surface area (TPSA) is 66.9 Å². The van der Waals surface area contributed by atoms with Crippen molar-refractivity contribution in [3.8, 4) is 5.75 Å². The molecule has 0 unspecified atom stereocenters. The van der Waals surface area contributed by atoms with Gasteiger partial charge in [0.1, 0.15) is 5.75 Å². The van der Waals surface area contributed by atoms with Crippen molar-refractivity contribution >= 4 is 17.6 Å². The van der Waals surface area contributed by atoms with Crippen LogP contribution in [0.3, 0.4) is 0 Å². The van der Waals surface area contributed by atoms with Crippen LogP contribution in [-0.2, 0) is 9.59 Å². The number of hydrogen-bond acceptors (Lipinski definition) is 4. The number of carbonyl (C=O) groups excluding carboxylic acids is 3. The lowest BCUT2D eigenvalue weighted by Crippen LogP contribution is -2.40. The van der Waals surface area contributed by atoms with Gasteiger partial charge in [-0.2, -0.15) is 0 Å². The van der Waals surface area contributed by atoms with E-state index in [4.69, 9.17) is 4.74 Å². The molecule has 0 aliphatic carbocycles. The van der Waals surface area contributed by atoms with Gasteiger partial charge in [-0.25, -0.2) is 0 Å². The quantitative estimate of drug-likeness (QED) is 0.481. The van der Waals surface area contributed by atoms with Crippen molar-refractivity contribution in [3.05, 3.63) is 29.8 Å². The first-order valence-corrected chi connectivity index (χ1v) is 8.56. The fraction of sp³-hybridized carbons (Fsp3) is 0.526. The molecule has 0 saturated carbocycles. The van der Waals surface area contributed by atoms with E-state index in [2.05, 4.69) is 0 Å². The molecule has 0 aromatic heterocycles. The van der Waals surface area contributed by atoms with Crippen LogP contribution in [0.15, 0.2) is 24.3 Å². The van der Waals surface area contributed by atoms with Crippen LogP contribution in [0, 0.1) is 0 Å². The number of hydrogen-bond donors (Lipinski definition) is 0. The summed E-state index contributed by atoms with van der Waals surface area (Å²) >= 11 is 0. The second-order valence-electron chi connectivity index (χ2n) is 6.14. The lowest BCUT2D eigenvalue weighted by molar-refractivity contribution is -0.139. The van der Waals surface area contributed by atoms with Gasteiger partial charge in [-0.15, -0.1) is 0 Å². The maximum absolute atomic E-state index is 12.3. The van der Waals surface area contributed by atoms with E-state index in [1.54, 1.807) is 43.3 Å². The van der Waals surface area contributed by atoms with Gasteiger partial charge in [-0.3, -0.25) is 14.4 Å². The molecule has 0 aliphatic heterocycles. The highest BCUT2D eigenvalue weighted by Crippen LogP contribution is 2.14. The minimum atomic E-state index is -0.0842. The molecule has 138 valence electrons. The summed E-state index contributed by atoms with van der Waals surface area (Å²) in [6, 6.07) is 6.99. The maximum atomic E-state index is 12.3. The number of amides is 2. The molecule has 0 atom stereocenters. The zero-order valence-corrected chi connectivity index (χ0v) is 15.6. The predicted octanol–water partition coefficient (Wildman–Crippen LogP) is 2.38. The summed E-state index contributed by atoms with van der Waals surface area (Å²) in [5.41, 5.74) is 0.602. The Morgan fingerprint density at radius 1 is 1.12 bits per heavy atom. The summed E-state index contributed by atoms with van der Waals surface area (Å²) in [7, 11) is 3.36. The van der Waals surface area contributed by atoms with Crippen LogP contribution in [0.5, 0.6) is 5.75 Å². The number of nitrogens with zero attached hydrogens (tertiary/aromatic N) is 2. The average molecular weight is 348 g/mol. The van der Waals surface area contributed by atoms with Crippen molar-refractivity contribution in [1.29, 1.82) is 0 Å². The standard InChI is InChI=1S/C19H28N2O4/c1-5-11-21(14-19(24)20(3)4)18(23)10-7-12-25-17-9-6-8-16(13-17)15(2)22/h6,8-9,13H,5,7,10-12,14H2,1-4H3. The molecule has 0 saturated heterocycles. The lowest BCUT2D eigenvalue weighted by Gasteiger charge is -2.23. The molecule has 2 amide bonds. The van der Waals surface area contributed by atoms with E-state index in [9.17, 15) is 14.4 Å². The highest BCUT2D eigenvalue weighted by molar-refractivity contribution is 5.94. The van der Waals surface area contributed by atoms with E-state index in [1.807, 2.05) is 6.92 Å². The molecule has 0 heterocycles. The Morgan fingerprint density at radius 3 is 2.44 bits per heavy atom. The minimum Gasteiger partial charge on any atom is -0.494 e. The first kappa shape index (κ1) is 20.7. The van der Waals surface area contributed by atoms with Crippen molar-refractivity contribution in [1.82, 2.24) is 9.80 Å². The molecule has 1 aromatic rings. The molecule has 0 N–H and O–H groups in total. The Morgan fingerprint density at radius 2 is 1.84 bits per heavy atom. The molecule has 0 bridgehead atoms. The first-order chi connectivity index (χ1) is 11.8. The number of carbonyl (C=O) groups is 3. The molecular weight excluding hydrogens is 320 g/mol. The van der Waals surface area contributed by atoms with Gasteiger partial charge in [0, 0.05) is 32.6 Å². The summed E-state index contributed by atoms with van der Waals surface area (Å²) in [6.45, 7) is 4.55. The molecule has 1 rings (SSSR count). The maximum Gasteiger partial charge on any atom is 0.241 e. The monoisotopic (exact) mass is 348 g/mol. The fourth-order valence-corrected chi connectivity index (χ4v) is 2.24. The van der Waals surface area contributed by atoms with Crippen LogP contribution >= 0.6 is 0 Å². The normalized spacial score (nSPS) is 10.2. The zero-order valence-electron chi connectivity index (χ0n) is 15.6. The number of ketones is 1. The number of likely N-dealkylation sites (N-methyl/N-ethyl adjacent to an activating group) is 1. The van der Waals surface area contributed by atoms with Gasteiger partial charge in [0.15, 0.2) is 5.78 Å². The lowest BCUT2D eigenvalue weighted by atomic mass is 10.1. The Labute approximate surface area is 149 Å². The van der Waals surface area contributed by atoms with E-state index in [0.717, 1.165) is 6.42 Å². The molecule has 6 heteroatoms. The van der Waals surface area contributed by atoms with Gasteiger partial charge in [-0.1, -0.05) is 19.1 Å². The summed E-state index contributed by atoms with van der Waals surface area (Å²) in [6.07, 6.45) is 1.69. The number of rotatable bonds is 10. The van der Waals surface area contributed by atoms with E-state index in [-0.39, 0.29) is 24.1 Å². The molecular formula is C19H28N2O4. The average Bonchev–Trinajstić information content (AvgIpc) is 2.58. The van der Waals surface area contributed by atoms with Gasteiger partial charge < -0.3 is 14.5 Å². The van der Waals surface area contributed by atoms with Crippen LogP contribution in [-0.4, -0.2) is 61.2 Å². The zero-order chi connectivity index (χ0) is 18.8. The number of Topliss-reactive ketones (excluding diaryl/α,β-unsaturated/α-hetero) is 1. The molecule has 1 aromatic carbocycles. The number of ether oxygens (including phenoxy) is 1. The second kappa shape index (κ2) is 10.5. The summed E-state index contributed by atoms with van der Waals surface area (Å²) in [5, 5.41) is 0. The summed E-state index contributed by atoms with van der Waals surface area (Å²) in [4.78, 5) is 38.6. The van der Waals surface area contributed by atoms with Gasteiger partial charge in [-0.05, 0) is 31.9 Å². The van der Waals surface area contributed by atoms with E-state index in [1.165, 1.54) is 11.8 Å². The molecule has 6 nitrogen and oxygen atoms in total. The van der Waals surface area contributed by atoms with Crippen LogP contribution in [0.1, 0.15) is 43.5 Å². The third kappa shape index (κ3) is 7.37. The Hall–Kier alpha value is -2.37. The third-order valence-electron chi connectivity index (χ3n) is 3.72. The van der Waals surface area contributed by atoms with E-state index < -0.39 is 0 Å². The van der Waals surface area contributed by atoms with Crippen molar-refractivity contribution in [2.45, 2.75) is 33.1 Å². The van der Waals surface area contributed by atoms with Crippen LogP contribution < -0.4 is 4.74 Å². The molecule has 0 radical (unpaired) electrons. The Kier molecular flexibility index (Phi) is 8.67. The summed E-state index contributed by atoms with van der Waals surface area (Å²) in [5.74, 6) is 0.479. The van der Waals surface area contributed by atoms with Crippen LogP contribution in [0.2, 0.25) is 0 Å². The minimum absolute atomic E-state index is 0.0126. The smallest absolute Gasteiger partial charge is 0.241 e. The molecule has 0 aliphatic rings. The van der Waals surface area contributed by atoms with E-state index >= 15 is 0 Å². The Balaban J connectivity index is 2.45. The van der Waals surface area contributed by atoms with Crippen molar-refractivity contribution in [2.75, 3.05) is 33.8 Å². The first-order valence-electron chi connectivity index (χ1n) is 8.56. The van der Waals surface area contributed by atoms with Crippen molar-refractivity contribution in [3.63, 3.8) is 0 Å². The SMILES string of the molecule is CCCN(CC(=O)N(C)C)C(=O)CCCOc1cccc(C(C)=O)c1. The van der Waals surface area contributed by atoms with Gasteiger partial charge >= 0.3 is 0 Å². The molecule has 0 spiro atoms. The fourth-order valence-electron chi connectivity index (χ4n) is 2.24. The van der Waals surface area contributed by atoms with Crippen molar-refractivity contribution in [2.24, 2.45) is 0 Å². The highest BCUT2D eigenvalue weighted by Gasteiger charge is 2.17.